The zero-order valence-electron chi connectivity index (χ0n) is 10.7. The van der Waals surface area contributed by atoms with Gasteiger partial charge in [0, 0.05) is 30.7 Å². The number of hydrogen-bond acceptors (Lipinski definition) is 3. The van der Waals surface area contributed by atoms with Crippen LogP contribution in [0.3, 0.4) is 0 Å². The van der Waals surface area contributed by atoms with Gasteiger partial charge < -0.3 is 9.80 Å². The van der Waals surface area contributed by atoms with E-state index in [0.29, 0.717) is 12.0 Å². The molecule has 1 aliphatic heterocycles. The topological polar surface area (TPSA) is 19.4 Å². The summed E-state index contributed by atoms with van der Waals surface area (Å²) in [4.78, 5) is 9.24. The molecule has 1 aromatic heterocycles. The highest BCUT2D eigenvalue weighted by Gasteiger charge is 2.31. The van der Waals surface area contributed by atoms with Crippen molar-refractivity contribution in [2.45, 2.75) is 18.3 Å². The van der Waals surface area contributed by atoms with E-state index < -0.39 is 0 Å². The summed E-state index contributed by atoms with van der Waals surface area (Å²) >= 11 is 3.44. The first-order valence-electron chi connectivity index (χ1n) is 6.04. The molecule has 0 aliphatic carbocycles. The van der Waals surface area contributed by atoms with Gasteiger partial charge in [-0.25, -0.2) is 4.98 Å². The van der Waals surface area contributed by atoms with E-state index in [1.807, 2.05) is 6.20 Å². The van der Waals surface area contributed by atoms with Crippen LogP contribution in [0.1, 0.15) is 12.5 Å². The van der Waals surface area contributed by atoms with Gasteiger partial charge in [0.05, 0.1) is 0 Å². The van der Waals surface area contributed by atoms with Gasteiger partial charge in [0.1, 0.15) is 5.82 Å². The number of aromatic nitrogens is 1. The average Bonchev–Trinajstić information content (AvgIpc) is 2.71. The first-order valence-corrected chi connectivity index (χ1v) is 7.16. The van der Waals surface area contributed by atoms with Crippen LogP contribution in [-0.2, 0) is 5.33 Å². The molecule has 2 atom stereocenters. The molecule has 1 fully saturated rings. The van der Waals surface area contributed by atoms with Crippen molar-refractivity contribution in [3.8, 4) is 0 Å². The quantitative estimate of drug-likeness (QED) is 0.799. The monoisotopic (exact) mass is 297 g/mol. The van der Waals surface area contributed by atoms with Crippen LogP contribution >= 0.6 is 15.9 Å². The molecular formula is C13H20BrN3. The number of halogens is 1. The van der Waals surface area contributed by atoms with E-state index in [9.17, 15) is 0 Å². The van der Waals surface area contributed by atoms with Gasteiger partial charge in [-0.15, -0.1) is 0 Å². The first-order chi connectivity index (χ1) is 8.11. The number of anilines is 1. The Balaban J connectivity index is 2.08. The lowest BCUT2D eigenvalue weighted by atomic mass is 10.1. The van der Waals surface area contributed by atoms with E-state index in [4.69, 9.17) is 0 Å². The molecule has 0 amide bonds. The van der Waals surface area contributed by atoms with Gasteiger partial charge in [0.2, 0.25) is 0 Å². The van der Waals surface area contributed by atoms with Crippen molar-refractivity contribution >= 4 is 21.7 Å². The van der Waals surface area contributed by atoms with Crippen LogP contribution in [0.2, 0.25) is 0 Å². The van der Waals surface area contributed by atoms with Crippen LogP contribution < -0.4 is 4.90 Å². The van der Waals surface area contributed by atoms with Crippen LogP contribution in [0.5, 0.6) is 0 Å². The second kappa shape index (κ2) is 5.36. The normalized spacial score (nSPS) is 24.6. The Morgan fingerprint density at radius 3 is 2.65 bits per heavy atom. The lowest BCUT2D eigenvalue weighted by Gasteiger charge is -2.22. The maximum absolute atomic E-state index is 4.54. The van der Waals surface area contributed by atoms with Gasteiger partial charge in [-0.3, -0.25) is 0 Å². The molecular weight excluding hydrogens is 278 g/mol. The Kier molecular flexibility index (Phi) is 4.05. The minimum Gasteiger partial charge on any atom is -0.355 e. The van der Waals surface area contributed by atoms with E-state index in [1.54, 1.807) is 0 Å². The van der Waals surface area contributed by atoms with Gasteiger partial charge in [0.15, 0.2) is 0 Å². The van der Waals surface area contributed by atoms with Gasteiger partial charge in [-0.2, -0.15) is 0 Å². The Morgan fingerprint density at radius 2 is 2.18 bits per heavy atom. The predicted molar refractivity (Wildman–Crippen MR) is 75.7 cm³/mol. The van der Waals surface area contributed by atoms with Crippen LogP contribution in [0.25, 0.3) is 0 Å². The molecule has 1 aliphatic rings. The third kappa shape index (κ3) is 2.80. The molecule has 0 saturated carbocycles. The molecule has 2 heterocycles. The molecule has 3 nitrogen and oxygen atoms in total. The fourth-order valence-corrected chi connectivity index (χ4v) is 2.82. The number of nitrogens with zero attached hydrogens (tertiary/aromatic N) is 3. The molecule has 17 heavy (non-hydrogen) atoms. The number of alkyl halides is 1. The zero-order valence-corrected chi connectivity index (χ0v) is 12.3. The highest BCUT2D eigenvalue weighted by Crippen LogP contribution is 2.24. The van der Waals surface area contributed by atoms with Crippen molar-refractivity contribution in [3.05, 3.63) is 23.9 Å². The fraction of sp³-hybridized carbons (Fsp3) is 0.615. The number of hydrogen-bond donors (Lipinski definition) is 0. The average molecular weight is 298 g/mol. The van der Waals surface area contributed by atoms with Gasteiger partial charge in [-0.05, 0) is 31.6 Å². The molecule has 0 spiro atoms. The number of pyridine rings is 1. The molecule has 0 aromatic carbocycles. The standard InChI is InChI=1S/C13H20BrN3/c1-10-8-17(9-12(10)16(2)3)13-5-4-11(6-14)7-15-13/h4-5,7,10,12H,6,8-9H2,1-3H3. The van der Waals surface area contributed by atoms with Gasteiger partial charge >= 0.3 is 0 Å². The van der Waals surface area contributed by atoms with Crippen molar-refractivity contribution in [1.29, 1.82) is 0 Å². The van der Waals surface area contributed by atoms with Crippen molar-refractivity contribution in [2.75, 3.05) is 32.1 Å². The summed E-state index contributed by atoms with van der Waals surface area (Å²) in [5.74, 6) is 1.80. The summed E-state index contributed by atoms with van der Waals surface area (Å²) < 4.78 is 0. The van der Waals surface area contributed by atoms with E-state index >= 15 is 0 Å². The fourth-order valence-electron chi connectivity index (χ4n) is 2.49. The van der Waals surface area contributed by atoms with E-state index in [0.717, 1.165) is 24.2 Å². The van der Waals surface area contributed by atoms with Crippen LogP contribution in [0, 0.1) is 5.92 Å². The summed E-state index contributed by atoms with van der Waals surface area (Å²) in [6, 6.07) is 4.90. The van der Waals surface area contributed by atoms with Crippen molar-refractivity contribution < 1.29 is 0 Å². The molecule has 94 valence electrons. The summed E-state index contributed by atoms with van der Waals surface area (Å²) in [5, 5.41) is 0.872. The highest BCUT2D eigenvalue weighted by atomic mass is 79.9. The van der Waals surface area contributed by atoms with E-state index in [-0.39, 0.29) is 0 Å². The van der Waals surface area contributed by atoms with Crippen molar-refractivity contribution in [3.63, 3.8) is 0 Å². The maximum atomic E-state index is 4.54. The minimum atomic E-state index is 0.632. The van der Waals surface area contributed by atoms with Gasteiger partial charge in [-0.1, -0.05) is 28.9 Å². The summed E-state index contributed by atoms with van der Waals surface area (Å²) in [6.45, 7) is 4.50. The number of likely N-dealkylation sites (N-methyl/N-ethyl adjacent to an activating group) is 1. The maximum Gasteiger partial charge on any atom is 0.128 e. The molecule has 4 heteroatoms. The first kappa shape index (κ1) is 12.8. The third-order valence-corrected chi connectivity index (χ3v) is 4.17. The molecule has 0 bridgehead atoms. The highest BCUT2D eigenvalue weighted by molar-refractivity contribution is 9.08. The molecule has 0 radical (unpaired) electrons. The predicted octanol–water partition coefficient (Wildman–Crippen LogP) is 2.36. The molecule has 0 N–H and O–H groups in total. The summed E-state index contributed by atoms with van der Waals surface area (Å²) in [6.07, 6.45) is 1.96. The Morgan fingerprint density at radius 1 is 1.41 bits per heavy atom. The van der Waals surface area contributed by atoms with Crippen LogP contribution in [0.4, 0.5) is 5.82 Å². The third-order valence-electron chi connectivity index (χ3n) is 3.52. The Bertz CT molecular complexity index is 363. The van der Waals surface area contributed by atoms with E-state index in [1.165, 1.54) is 5.56 Å². The summed E-state index contributed by atoms with van der Waals surface area (Å²) in [5.41, 5.74) is 1.23. The number of rotatable bonds is 3. The Hall–Kier alpha value is -0.610. The lowest BCUT2D eigenvalue weighted by molar-refractivity contribution is 0.266. The molecule has 2 rings (SSSR count). The van der Waals surface area contributed by atoms with Crippen LogP contribution in [-0.4, -0.2) is 43.1 Å². The van der Waals surface area contributed by atoms with Crippen molar-refractivity contribution in [1.82, 2.24) is 9.88 Å². The van der Waals surface area contributed by atoms with Crippen molar-refractivity contribution in [2.24, 2.45) is 5.92 Å². The zero-order chi connectivity index (χ0) is 12.4. The van der Waals surface area contributed by atoms with Gasteiger partial charge in [0.25, 0.3) is 0 Å². The minimum absolute atomic E-state index is 0.632. The smallest absolute Gasteiger partial charge is 0.128 e. The Labute approximate surface area is 112 Å². The second-order valence-electron chi connectivity index (χ2n) is 5.07. The molecule has 2 unspecified atom stereocenters. The second-order valence-corrected chi connectivity index (χ2v) is 5.63. The summed E-state index contributed by atoms with van der Waals surface area (Å²) in [7, 11) is 4.32. The molecule has 1 saturated heterocycles. The largest absolute Gasteiger partial charge is 0.355 e. The van der Waals surface area contributed by atoms with Crippen LogP contribution in [0.15, 0.2) is 18.3 Å². The van der Waals surface area contributed by atoms with E-state index in [2.05, 4.69) is 63.9 Å². The lowest BCUT2D eigenvalue weighted by Crippen LogP contribution is -2.34. The molecule has 1 aromatic rings. The SMILES string of the molecule is CC1CN(c2ccc(CBr)cn2)CC1N(C)C.